The number of hydrogen-bond donors (Lipinski definition) is 1. The van der Waals surface area contributed by atoms with Crippen LogP contribution in [0.3, 0.4) is 0 Å². The second-order valence-electron chi connectivity index (χ2n) is 4.02. The molecule has 16 heavy (non-hydrogen) atoms. The standard InChI is InChI=1S/C9H13N3O4/c1-9(13)4-3-7(9)16-8-6(12(14)15)5-11(2)10-8/h5,7,13H,3-4H2,1-2H3/t7-,9+/m0/s1/i2D3. The van der Waals surface area contributed by atoms with Gasteiger partial charge in [0.1, 0.15) is 12.3 Å². The van der Waals surface area contributed by atoms with E-state index in [1.54, 1.807) is 6.92 Å². The average Bonchev–Trinajstić information content (AvgIpc) is 2.68. The molecule has 1 aromatic heterocycles. The molecule has 0 aromatic carbocycles. The maximum Gasteiger partial charge on any atom is 0.350 e. The first-order valence-electron chi connectivity index (χ1n) is 6.25. The number of nitro groups is 1. The van der Waals surface area contributed by atoms with E-state index in [0.29, 0.717) is 17.5 Å². The number of aliphatic hydroxyl groups is 1. The van der Waals surface area contributed by atoms with Gasteiger partial charge in [0, 0.05) is 11.1 Å². The minimum Gasteiger partial charge on any atom is -0.465 e. The molecular formula is C9H13N3O4. The summed E-state index contributed by atoms with van der Waals surface area (Å²) in [6, 6.07) is 0. The summed E-state index contributed by atoms with van der Waals surface area (Å²) in [5.41, 5.74) is -1.60. The van der Waals surface area contributed by atoms with Crippen molar-refractivity contribution in [2.75, 3.05) is 0 Å². The Hall–Kier alpha value is -1.63. The number of aryl methyl sites for hydroxylation is 1. The van der Waals surface area contributed by atoms with Crippen molar-refractivity contribution >= 4 is 5.69 Å². The molecule has 0 radical (unpaired) electrons. The first-order chi connectivity index (χ1) is 8.61. The fourth-order valence-electron chi connectivity index (χ4n) is 1.56. The monoisotopic (exact) mass is 230 g/mol. The van der Waals surface area contributed by atoms with Crippen LogP contribution in [-0.2, 0) is 6.98 Å². The summed E-state index contributed by atoms with van der Waals surface area (Å²) < 4.78 is 27.2. The molecule has 0 unspecified atom stereocenters. The molecule has 2 rings (SSSR count). The number of rotatable bonds is 3. The van der Waals surface area contributed by atoms with Crippen molar-refractivity contribution in [3.05, 3.63) is 16.3 Å². The summed E-state index contributed by atoms with van der Waals surface area (Å²) in [5.74, 6) is -0.383. The molecule has 1 aromatic rings. The van der Waals surface area contributed by atoms with E-state index in [0.717, 1.165) is 6.20 Å². The Bertz CT molecular complexity index is 511. The van der Waals surface area contributed by atoms with E-state index < -0.39 is 29.3 Å². The highest BCUT2D eigenvalue weighted by molar-refractivity contribution is 5.38. The van der Waals surface area contributed by atoms with Gasteiger partial charge in [0.15, 0.2) is 0 Å². The third kappa shape index (κ3) is 1.73. The first-order valence-corrected chi connectivity index (χ1v) is 4.75. The Morgan fingerprint density at radius 2 is 2.69 bits per heavy atom. The fourth-order valence-corrected chi connectivity index (χ4v) is 1.56. The molecule has 1 aliphatic carbocycles. The van der Waals surface area contributed by atoms with Crippen LogP contribution in [0.1, 0.15) is 23.9 Å². The number of ether oxygens (including phenoxy) is 1. The lowest BCUT2D eigenvalue weighted by molar-refractivity contribution is -0.386. The van der Waals surface area contributed by atoms with E-state index in [4.69, 9.17) is 8.85 Å². The van der Waals surface area contributed by atoms with Crippen LogP contribution in [0, 0.1) is 10.1 Å². The Labute approximate surface area is 96.0 Å². The van der Waals surface area contributed by atoms with E-state index in [-0.39, 0.29) is 5.88 Å². The fraction of sp³-hybridized carbons (Fsp3) is 0.667. The SMILES string of the molecule is [2H]C([2H])([2H])n1cc([N+](=O)[O-])c(O[C@H]2CC[C@@]2(C)O)n1. The van der Waals surface area contributed by atoms with Crippen LogP contribution in [0.4, 0.5) is 5.69 Å². The van der Waals surface area contributed by atoms with Gasteiger partial charge < -0.3 is 9.84 Å². The molecule has 1 saturated carbocycles. The van der Waals surface area contributed by atoms with Gasteiger partial charge in [-0.2, -0.15) is 0 Å². The van der Waals surface area contributed by atoms with Gasteiger partial charge in [0.25, 0.3) is 0 Å². The van der Waals surface area contributed by atoms with Crippen LogP contribution in [0.25, 0.3) is 0 Å². The number of nitrogens with zero attached hydrogens (tertiary/aromatic N) is 3. The minimum atomic E-state index is -2.62. The largest absolute Gasteiger partial charge is 0.465 e. The van der Waals surface area contributed by atoms with Crippen molar-refractivity contribution in [2.24, 2.45) is 6.98 Å². The maximum atomic E-state index is 10.8. The highest BCUT2D eigenvalue weighted by atomic mass is 16.6. The van der Waals surface area contributed by atoms with Crippen molar-refractivity contribution in [2.45, 2.75) is 31.5 Å². The summed E-state index contributed by atoms with van der Waals surface area (Å²) in [4.78, 5) is 10.1. The zero-order chi connectivity index (χ0) is 14.4. The third-order valence-electron chi connectivity index (χ3n) is 2.72. The van der Waals surface area contributed by atoms with Crippen molar-refractivity contribution in [1.29, 1.82) is 0 Å². The van der Waals surface area contributed by atoms with Gasteiger partial charge in [-0.05, 0) is 19.8 Å². The lowest BCUT2D eigenvalue weighted by atomic mass is 9.79. The number of hydrogen-bond acceptors (Lipinski definition) is 5. The minimum absolute atomic E-state index is 0.383. The Morgan fingerprint density at radius 3 is 3.12 bits per heavy atom. The van der Waals surface area contributed by atoms with Gasteiger partial charge in [0.2, 0.25) is 0 Å². The maximum absolute atomic E-state index is 10.8. The Morgan fingerprint density at radius 1 is 1.94 bits per heavy atom. The molecule has 0 spiro atoms. The normalized spacial score (nSPS) is 32.1. The van der Waals surface area contributed by atoms with Crippen molar-refractivity contribution in [3.8, 4) is 5.88 Å². The summed E-state index contributed by atoms with van der Waals surface area (Å²) in [5, 5.41) is 24.2. The molecule has 7 heteroatoms. The van der Waals surface area contributed by atoms with Crippen LogP contribution in [0.15, 0.2) is 6.20 Å². The summed E-state index contributed by atoms with van der Waals surface area (Å²) in [6.45, 7) is -1.07. The van der Waals surface area contributed by atoms with E-state index in [2.05, 4.69) is 5.10 Å². The number of aromatic nitrogens is 2. The average molecular weight is 230 g/mol. The van der Waals surface area contributed by atoms with E-state index >= 15 is 0 Å². The molecule has 1 N–H and O–H groups in total. The van der Waals surface area contributed by atoms with E-state index in [1.807, 2.05) is 0 Å². The van der Waals surface area contributed by atoms with Gasteiger partial charge in [-0.1, -0.05) is 0 Å². The van der Waals surface area contributed by atoms with Gasteiger partial charge in [-0.25, -0.2) is 0 Å². The predicted octanol–water partition coefficient (Wildman–Crippen LogP) is 0.620. The van der Waals surface area contributed by atoms with Gasteiger partial charge in [-0.3, -0.25) is 14.8 Å². The first kappa shape index (κ1) is 7.61. The molecule has 0 aliphatic heterocycles. The zero-order valence-corrected chi connectivity index (χ0v) is 8.58. The molecular weight excluding hydrogens is 214 g/mol. The summed E-state index contributed by atoms with van der Waals surface area (Å²) in [6.07, 6.45) is 1.23. The molecule has 0 amide bonds. The van der Waals surface area contributed by atoms with Gasteiger partial charge in [-0.15, -0.1) is 5.10 Å². The topological polar surface area (TPSA) is 90.4 Å². The van der Waals surface area contributed by atoms with Crippen molar-refractivity contribution in [3.63, 3.8) is 0 Å². The molecule has 0 bridgehead atoms. The quantitative estimate of drug-likeness (QED) is 0.607. The highest BCUT2D eigenvalue weighted by Gasteiger charge is 2.44. The third-order valence-corrected chi connectivity index (χ3v) is 2.72. The van der Waals surface area contributed by atoms with Crippen molar-refractivity contribution in [1.82, 2.24) is 9.78 Å². The van der Waals surface area contributed by atoms with Crippen molar-refractivity contribution < 1.29 is 18.9 Å². The van der Waals surface area contributed by atoms with E-state index in [9.17, 15) is 15.2 Å². The van der Waals surface area contributed by atoms with Crippen LogP contribution in [0.2, 0.25) is 0 Å². The molecule has 1 aliphatic rings. The molecule has 0 saturated heterocycles. The lowest BCUT2D eigenvalue weighted by Crippen LogP contribution is -2.52. The Balaban J connectivity index is 2.29. The van der Waals surface area contributed by atoms with Gasteiger partial charge >= 0.3 is 11.6 Å². The van der Waals surface area contributed by atoms with E-state index in [1.165, 1.54) is 0 Å². The smallest absolute Gasteiger partial charge is 0.350 e. The Kier molecular flexibility index (Phi) is 1.64. The lowest BCUT2D eigenvalue weighted by Gasteiger charge is -2.41. The van der Waals surface area contributed by atoms with Crippen LogP contribution < -0.4 is 4.74 Å². The molecule has 1 fully saturated rings. The molecule has 1 heterocycles. The molecule has 7 nitrogen and oxygen atoms in total. The molecule has 88 valence electrons. The second kappa shape index (κ2) is 3.44. The summed E-state index contributed by atoms with van der Waals surface area (Å²) >= 11 is 0. The zero-order valence-electron chi connectivity index (χ0n) is 11.6. The summed E-state index contributed by atoms with van der Waals surface area (Å²) in [7, 11) is 0. The second-order valence-corrected chi connectivity index (χ2v) is 4.02. The van der Waals surface area contributed by atoms with Crippen LogP contribution in [0.5, 0.6) is 5.88 Å². The van der Waals surface area contributed by atoms with Crippen LogP contribution >= 0.6 is 0 Å². The highest BCUT2D eigenvalue weighted by Crippen LogP contribution is 2.37. The predicted molar refractivity (Wildman–Crippen MR) is 54.1 cm³/mol. The van der Waals surface area contributed by atoms with Gasteiger partial charge in [0.05, 0.1) is 10.5 Å². The van der Waals surface area contributed by atoms with Crippen LogP contribution in [-0.4, -0.2) is 31.5 Å². The molecule has 2 atom stereocenters.